The molecule has 0 radical (unpaired) electrons. The fourth-order valence-corrected chi connectivity index (χ4v) is 3.21. The number of hydrogen-bond acceptors (Lipinski definition) is 5. The summed E-state index contributed by atoms with van der Waals surface area (Å²) in [5.41, 5.74) is 8.14. The molecule has 0 bridgehead atoms. The lowest BCUT2D eigenvalue weighted by Crippen LogP contribution is -2.14. The zero-order chi connectivity index (χ0) is 17.8. The molecule has 7 heteroatoms. The van der Waals surface area contributed by atoms with Gasteiger partial charge in [0.1, 0.15) is 5.75 Å². The molecule has 0 aliphatic carbocycles. The van der Waals surface area contributed by atoms with Crippen molar-refractivity contribution in [3.8, 4) is 22.8 Å². The van der Waals surface area contributed by atoms with Gasteiger partial charge in [0.05, 0.1) is 18.6 Å². The molecular weight excluding hydrogens is 336 g/mol. The molecule has 1 aromatic heterocycles. The molecule has 1 heterocycles. The number of hydrogen-bond donors (Lipinski definition) is 1. The molecule has 3 aromatic rings. The Morgan fingerprint density at radius 3 is 2.60 bits per heavy atom. The van der Waals surface area contributed by atoms with E-state index in [0.717, 1.165) is 16.8 Å². The minimum atomic E-state index is -0.406. The van der Waals surface area contributed by atoms with E-state index >= 15 is 0 Å². The SMILES string of the molecule is COc1ccccc1-n1c(SCC(N)=O)nnc1-c1ccccc1C. The number of amides is 1. The lowest BCUT2D eigenvalue weighted by atomic mass is 10.1. The van der Waals surface area contributed by atoms with Gasteiger partial charge in [-0.1, -0.05) is 48.2 Å². The number of methoxy groups -OCH3 is 1. The highest BCUT2D eigenvalue weighted by molar-refractivity contribution is 7.99. The quantitative estimate of drug-likeness (QED) is 0.688. The van der Waals surface area contributed by atoms with Crippen LogP contribution >= 0.6 is 11.8 Å². The first-order valence-corrected chi connectivity index (χ1v) is 8.66. The maximum Gasteiger partial charge on any atom is 0.227 e. The van der Waals surface area contributed by atoms with Crippen molar-refractivity contribution in [2.24, 2.45) is 5.73 Å². The van der Waals surface area contributed by atoms with Gasteiger partial charge < -0.3 is 10.5 Å². The Labute approximate surface area is 150 Å². The summed E-state index contributed by atoms with van der Waals surface area (Å²) in [5.74, 6) is 1.10. The number of aromatic nitrogens is 3. The Balaban J connectivity index is 2.20. The monoisotopic (exact) mass is 354 g/mol. The minimum Gasteiger partial charge on any atom is -0.495 e. The standard InChI is InChI=1S/C18H18N4O2S/c1-12-7-3-4-8-13(12)17-20-21-18(25-11-16(19)23)22(17)14-9-5-6-10-15(14)24-2/h3-10H,11H2,1-2H3,(H2,19,23). The number of carbonyl (C=O) groups is 1. The van der Waals surface area contributed by atoms with Crippen molar-refractivity contribution in [2.45, 2.75) is 12.1 Å². The highest BCUT2D eigenvalue weighted by Gasteiger charge is 2.20. The third kappa shape index (κ3) is 3.51. The van der Waals surface area contributed by atoms with Crippen molar-refractivity contribution in [3.05, 3.63) is 54.1 Å². The van der Waals surface area contributed by atoms with Crippen molar-refractivity contribution in [3.63, 3.8) is 0 Å². The van der Waals surface area contributed by atoms with Gasteiger partial charge in [0, 0.05) is 5.56 Å². The number of rotatable bonds is 6. The van der Waals surface area contributed by atoms with Crippen LogP contribution in [0.2, 0.25) is 0 Å². The molecular formula is C18H18N4O2S. The first-order valence-electron chi connectivity index (χ1n) is 7.67. The Morgan fingerprint density at radius 2 is 1.88 bits per heavy atom. The van der Waals surface area contributed by atoms with Crippen molar-refractivity contribution in [2.75, 3.05) is 12.9 Å². The Morgan fingerprint density at radius 1 is 1.16 bits per heavy atom. The third-order valence-corrected chi connectivity index (χ3v) is 4.64. The topological polar surface area (TPSA) is 83.0 Å². The van der Waals surface area contributed by atoms with Crippen molar-refractivity contribution < 1.29 is 9.53 Å². The molecule has 0 unspecified atom stereocenters. The van der Waals surface area contributed by atoms with Crippen LogP contribution in [0.1, 0.15) is 5.56 Å². The normalized spacial score (nSPS) is 10.6. The second kappa shape index (κ2) is 7.40. The number of ether oxygens (including phenoxy) is 1. The molecule has 1 amide bonds. The molecule has 0 aliphatic heterocycles. The van der Waals surface area contributed by atoms with Crippen molar-refractivity contribution in [1.82, 2.24) is 14.8 Å². The van der Waals surface area contributed by atoms with E-state index in [2.05, 4.69) is 10.2 Å². The van der Waals surface area contributed by atoms with Crippen LogP contribution in [0.5, 0.6) is 5.75 Å². The zero-order valence-corrected chi connectivity index (χ0v) is 14.8. The first kappa shape index (κ1) is 17.0. The molecule has 0 fully saturated rings. The van der Waals surface area contributed by atoms with E-state index in [1.807, 2.05) is 60.0 Å². The fraction of sp³-hybridized carbons (Fsp3) is 0.167. The number of aryl methyl sites for hydroxylation is 1. The number of benzene rings is 2. The molecule has 2 aromatic carbocycles. The van der Waals surface area contributed by atoms with Gasteiger partial charge in [0.2, 0.25) is 5.91 Å². The smallest absolute Gasteiger partial charge is 0.227 e. The zero-order valence-electron chi connectivity index (χ0n) is 14.0. The van der Waals surface area contributed by atoms with E-state index in [1.165, 1.54) is 11.8 Å². The highest BCUT2D eigenvalue weighted by atomic mass is 32.2. The summed E-state index contributed by atoms with van der Waals surface area (Å²) < 4.78 is 7.39. The van der Waals surface area contributed by atoms with Gasteiger partial charge in [-0.05, 0) is 24.6 Å². The van der Waals surface area contributed by atoms with Gasteiger partial charge in [-0.15, -0.1) is 10.2 Å². The van der Waals surface area contributed by atoms with E-state index in [0.29, 0.717) is 16.7 Å². The van der Waals surface area contributed by atoms with Crippen LogP contribution in [-0.4, -0.2) is 33.5 Å². The Bertz CT molecular complexity index is 908. The van der Waals surface area contributed by atoms with Crippen molar-refractivity contribution in [1.29, 1.82) is 0 Å². The lowest BCUT2D eigenvalue weighted by Gasteiger charge is -2.14. The summed E-state index contributed by atoms with van der Waals surface area (Å²) in [6, 6.07) is 15.6. The summed E-state index contributed by atoms with van der Waals surface area (Å²) in [6.07, 6.45) is 0. The molecule has 3 rings (SSSR count). The summed E-state index contributed by atoms with van der Waals surface area (Å²) in [7, 11) is 1.62. The number of carbonyl (C=O) groups excluding carboxylic acids is 1. The molecule has 128 valence electrons. The second-order valence-corrected chi connectivity index (χ2v) is 6.33. The largest absolute Gasteiger partial charge is 0.495 e. The molecule has 0 spiro atoms. The van der Waals surface area contributed by atoms with E-state index in [9.17, 15) is 4.79 Å². The Kier molecular flexibility index (Phi) is 5.04. The van der Waals surface area contributed by atoms with Gasteiger partial charge >= 0.3 is 0 Å². The Hall–Kier alpha value is -2.80. The van der Waals surface area contributed by atoms with E-state index < -0.39 is 5.91 Å². The maximum atomic E-state index is 11.2. The van der Waals surface area contributed by atoms with Gasteiger partial charge in [-0.2, -0.15) is 0 Å². The van der Waals surface area contributed by atoms with Crippen LogP contribution in [0.15, 0.2) is 53.7 Å². The van der Waals surface area contributed by atoms with E-state index in [1.54, 1.807) is 7.11 Å². The third-order valence-electron chi connectivity index (χ3n) is 3.69. The van der Waals surface area contributed by atoms with Crippen LogP contribution in [0.25, 0.3) is 17.1 Å². The number of para-hydroxylation sites is 2. The van der Waals surface area contributed by atoms with Gasteiger partial charge in [-0.3, -0.25) is 9.36 Å². The molecule has 0 atom stereocenters. The summed E-state index contributed by atoms with van der Waals surface area (Å²) >= 11 is 1.25. The highest BCUT2D eigenvalue weighted by Crippen LogP contribution is 2.33. The van der Waals surface area contributed by atoms with Crippen LogP contribution in [0.4, 0.5) is 0 Å². The van der Waals surface area contributed by atoms with E-state index in [4.69, 9.17) is 10.5 Å². The first-order chi connectivity index (χ1) is 12.1. The number of thioether (sulfide) groups is 1. The molecule has 25 heavy (non-hydrogen) atoms. The summed E-state index contributed by atoms with van der Waals surface area (Å²) in [4.78, 5) is 11.2. The van der Waals surface area contributed by atoms with Crippen LogP contribution in [-0.2, 0) is 4.79 Å². The predicted molar refractivity (Wildman–Crippen MR) is 98.0 cm³/mol. The van der Waals surface area contributed by atoms with Crippen LogP contribution in [0.3, 0.4) is 0 Å². The molecule has 0 saturated carbocycles. The van der Waals surface area contributed by atoms with Gasteiger partial charge in [0.15, 0.2) is 11.0 Å². The molecule has 0 aliphatic rings. The van der Waals surface area contributed by atoms with E-state index in [-0.39, 0.29) is 5.75 Å². The van der Waals surface area contributed by atoms with Crippen LogP contribution < -0.4 is 10.5 Å². The molecule has 6 nitrogen and oxygen atoms in total. The summed E-state index contributed by atoms with van der Waals surface area (Å²) in [6.45, 7) is 2.02. The summed E-state index contributed by atoms with van der Waals surface area (Å²) in [5, 5.41) is 9.22. The predicted octanol–water partition coefficient (Wildman–Crippen LogP) is 2.83. The molecule has 0 saturated heterocycles. The van der Waals surface area contributed by atoms with Gasteiger partial charge in [0.25, 0.3) is 0 Å². The average molecular weight is 354 g/mol. The maximum absolute atomic E-state index is 11.2. The minimum absolute atomic E-state index is 0.126. The van der Waals surface area contributed by atoms with Gasteiger partial charge in [-0.25, -0.2) is 0 Å². The number of nitrogens with zero attached hydrogens (tertiary/aromatic N) is 3. The van der Waals surface area contributed by atoms with Crippen molar-refractivity contribution >= 4 is 17.7 Å². The average Bonchev–Trinajstić information content (AvgIpc) is 3.03. The van der Waals surface area contributed by atoms with Crippen LogP contribution in [0, 0.1) is 6.92 Å². The molecule has 2 N–H and O–H groups in total. The lowest BCUT2D eigenvalue weighted by molar-refractivity contribution is -0.115. The second-order valence-electron chi connectivity index (χ2n) is 5.38. The fourth-order valence-electron chi connectivity index (χ4n) is 2.53. The number of primary amides is 1. The number of nitrogens with two attached hydrogens (primary N) is 1.